The SMILES string of the molecule is CC(C)[C@H](C)O[C@H](COC(=O)CN(C)C)CN(C(C)C)S(C)(=O)=O. The summed E-state index contributed by atoms with van der Waals surface area (Å²) < 4.78 is 36.5. The molecule has 0 bridgehead atoms. The summed E-state index contributed by atoms with van der Waals surface area (Å²) in [5, 5.41) is 0. The number of esters is 1. The number of likely N-dealkylation sites (N-methyl/N-ethyl adjacent to an activating group) is 1. The number of hydrogen-bond acceptors (Lipinski definition) is 6. The van der Waals surface area contributed by atoms with Gasteiger partial charge in [0.25, 0.3) is 0 Å². The zero-order valence-electron chi connectivity index (χ0n) is 16.3. The molecule has 0 heterocycles. The molecular formula is C16H34N2O5S. The molecule has 0 aromatic carbocycles. The normalized spacial score (nSPS) is 15.3. The van der Waals surface area contributed by atoms with Gasteiger partial charge in [0.15, 0.2) is 0 Å². The molecule has 0 saturated carbocycles. The molecule has 0 aliphatic carbocycles. The highest BCUT2D eigenvalue weighted by Gasteiger charge is 2.27. The van der Waals surface area contributed by atoms with Crippen molar-refractivity contribution in [2.45, 2.75) is 52.9 Å². The zero-order chi connectivity index (χ0) is 19.1. The molecule has 0 spiro atoms. The van der Waals surface area contributed by atoms with Crippen LogP contribution in [0.1, 0.15) is 34.6 Å². The minimum absolute atomic E-state index is 0.0302. The van der Waals surface area contributed by atoms with Crippen LogP contribution in [-0.2, 0) is 24.3 Å². The molecule has 0 aliphatic rings. The summed E-state index contributed by atoms with van der Waals surface area (Å²) in [6, 6.07) is -0.196. The van der Waals surface area contributed by atoms with Crippen LogP contribution in [0.25, 0.3) is 0 Å². The maximum absolute atomic E-state index is 12.0. The van der Waals surface area contributed by atoms with E-state index in [1.54, 1.807) is 19.0 Å². The lowest BCUT2D eigenvalue weighted by atomic mass is 10.1. The van der Waals surface area contributed by atoms with Gasteiger partial charge in [0.05, 0.1) is 18.9 Å². The van der Waals surface area contributed by atoms with E-state index in [-0.39, 0.29) is 43.7 Å². The maximum Gasteiger partial charge on any atom is 0.320 e. The van der Waals surface area contributed by atoms with E-state index in [9.17, 15) is 13.2 Å². The average molecular weight is 367 g/mol. The topological polar surface area (TPSA) is 76.2 Å². The fraction of sp³-hybridized carbons (Fsp3) is 0.938. The van der Waals surface area contributed by atoms with Crippen molar-refractivity contribution in [2.75, 3.05) is 40.0 Å². The van der Waals surface area contributed by atoms with Crippen LogP contribution in [0.15, 0.2) is 0 Å². The van der Waals surface area contributed by atoms with Gasteiger partial charge in [-0.05, 0) is 40.8 Å². The molecule has 0 aliphatic heterocycles. The smallest absolute Gasteiger partial charge is 0.320 e. The van der Waals surface area contributed by atoms with Gasteiger partial charge in [-0.25, -0.2) is 8.42 Å². The Labute approximate surface area is 147 Å². The van der Waals surface area contributed by atoms with Crippen LogP contribution >= 0.6 is 0 Å². The minimum Gasteiger partial charge on any atom is -0.462 e. The fourth-order valence-electron chi connectivity index (χ4n) is 2.02. The second-order valence-electron chi connectivity index (χ2n) is 7.05. The molecule has 0 N–H and O–H groups in total. The number of carbonyl (C=O) groups excluding carboxylic acids is 1. The lowest BCUT2D eigenvalue weighted by Gasteiger charge is -2.31. The van der Waals surface area contributed by atoms with Crippen LogP contribution in [0, 0.1) is 5.92 Å². The van der Waals surface area contributed by atoms with Crippen molar-refractivity contribution in [3.05, 3.63) is 0 Å². The van der Waals surface area contributed by atoms with Crippen molar-refractivity contribution < 1.29 is 22.7 Å². The molecule has 8 heteroatoms. The minimum atomic E-state index is -3.37. The average Bonchev–Trinajstić information content (AvgIpc) is 2.38. The summed E-state index contributed by atoms with van der Waals surface area (Å²) in [7, 11) is 0.188. The standard InChI is InChI=1S/C16H34N2O5S/c1-12(2)14(5)23-15(11-22-16(19)10-17(6)7)9-18(13(3)4)24(8,20)21/h12-15H,9-11H2,1-8H3/t14-,15-/m0/s1. The van der Waals surface area contributed by atoms with Gasteiger partial charge >= 0.3 is 5.97 Å². The van der Waals surface area contributed by atoms with Crippen LogP contribution in [0.4, 0.5) is 0 Å². The molecule has 0 aromatic heterocycles. The summed E-state index contributed by atoms with van der Waals surface area (Å²) in [5.74, 6) is -0.0861. The summed E-state index contributed by atoms with van der Waals surface area (Å²) in [6.07, 6.45) is 0.593. The van der Waals surface area contributed by atoms with Crippen LogP contribution in [0.3, 0.4) is 0 Å². The third kappa shape index (κ3) is 9.56. The van der Waals surface area contributed by atoms with Crippen molar-refractivity contribution in [2.24, 2.45) is 5.92 Å². The number of carbonyl (C=O) groups is 1. The molecule has 7 nitrogen and oxygen atoms in total. The highest BCUT2D eigenvalue weighted by atomic mass is 32.2. The number of sulfonamides is 1. The van der Waals surface area contributed by atoms with Crippen molar-refractivity contribution in [3.63, 3.8) is 0 Å². The fourth-order valence-corrected chi connectivity index (χ4v) is 3.22. The monoisotopic (exact) mass is 366 g/mol. The van der Waals surface area contributed by atoms with Gasteiger partial charge in [0.1, 0.15) is 12.7 Å². The maximum atomic E-state index is 12.0. The van der Waals surface area contributed by atoms with E-state index >= 15 is 0 Å². The van der Waals surface area contributed by atoms with E-state index in [0.29, 0.717) is 0 Å². The predicted molar refractivity (Wildman–Crippen MR) is 95.4 cm³/mol. The summed E-state index contributed by atoms with van der Waals surface area (Å²) >= 11 is 0. The van der Waals surface area contributed by atoms with Gasteiger partial charge < -0.3 is 9.47 Å². The Morgan fingerprint density at radius 1 is 1.08 bits per heavy atom. The molecule has 0 radical (unpaired) electrons. The first-order valence-corrected chi connectivity index (χ1v) is 10.1. The van der Waals surface area contributed by atoms with Crippen molar-refractivity contribution >= 4 is 16.0 Å². The van der Waals surface area contributed by atoms with Crippen molar-refractivity contribution in [1.29, 1.82) is 0 Å². The van der Waals surface area contributed by atoms with E-state index in [1.165, 1.54) is 10.6 Å². The molecule has 0 amide bonds. The zero-order valence-corrected chi connectivity index (χ0v) is 17.1. The number of ether oxygens (including phenoxy) is 2. The first kappa shape index (κ1) is 23.3. The van der Waals surface area contributed by atoms with Crippen LogP contribution in [-0.4, -0.2) is 81.9 Å². The Kier molecular flexibility index (Phi) is 10.0. The van der Waals surface area contributed by atoms with Crippen molar-refractivity contribution in [1.82, 2.24) is 9.21 Å². The van der Waals surface area contributed by atoms with Crippen molar-refractivity contribution in [3.8, 4) is 0 Å². The van der Waals surface area contributed by atoms with E-state index in [2.05, 4.69) is 0 Å². The Morgan fingerprint density at radius 2 is 1.62 bits per heavy atom. The predicted octanol–water partition coefficient (Wildman–Crippen LogP) is 1.19. The second kappa shape index (κ2) is 10.3. The number of nitrogens with zero attached hydrogens (tertiary/aromatic N) is 2. The molecular weight excluding hydrogens is 332 g/mol. The first-order chi connectivity index (χ1) is 10.8. The van der Waals surface area contributed by atoms with Crippen LogP contribution in [0.5, 0.6) is 0 Å². The lowest BCUT2D eigenvalue weighted by molar-refractivity contribution is -0.151. The van der Waals surface area contributed by atoms with Gasteiger partial charge in [-0.1, -0.05) is 13.8 Å². The van der Waals surface area contributed by atoms with E-state index < -0.39 is 16.1 Å². The van der Waals surface area contributed by atoms with Gasteiger partial charge in [-0.3, -0.25) is 9.69 Å². The molecule has 0 fully saturated rings. The van der Waals surface area contributed by atoms with Gasteiger partial charge in [-0.2, -0.15) is 4.31 Å². The molecule has 144 valence electrons. The Hall–Kier alpha value is -0.700. The summed E-state index contributed by atoms with van der Waals surface area (Å²) in [5.41, 5.74) is 0. The van der Waals surface area contributed by atoms with E-state index in [0.717, 1.165) is 0 Å². The van der Waals surface area contributed by atoms with Gasteiger partial charge in [0, 0.05) is 12.6 Å². The summed E-state index contributed by atoms with van der Waals surface area (Å²) in [6.45, 7) is 9.95. The van der Waals surface area contributed by atoms with Gasteiger partial charge in [0.2, 0.25) is 10.0 Å². The van der Waals surface area contributed by atoms with Gasteiger partial charge in [-0.15, -0.1) is 0 Å². The Bertz CT molecular complexity index is 477. The first-order valence-electron chi connectivity index (χ1n) is 8.27. The molecule has 0 saturated heterocycles. The summed E-state index contributed by atoms with van der Waals surface area (Å²) in [4.78, 5) is 13.5. The largest absolute Gasteiger partial charge is 0.462 e. The number of hydrogen-bond donors (Lipinski definition) is 0. The quantitative estimate of drug-likeness (QED) is 0.511. The third-order valence-electron chi connectivity index (χ3n) is 3.61. The second-order valence-corrected chi connectivity index (χ2v) is 8.99. The molecule has 0 unspecified atom stereocenters. The molecule has 24 heavy (non-hydrogen) atoms. The van der Waals surface area contributed by atoms with E-state index in [4.69, 9.17) is 9.47 Å². The number of rotatable bonds is 11. The molecule has 0 aromatic rings. The highest BCUT2D eigenvalue weighted by molar-refractivity contribution is 7.88. The Balaban J connectivity index is 5.01. The molecule has 0 rings (SSSR count). The van der Waals surface area contributed by atoms with Crippen LogP contribution < -0.4 is 0 Å². The lowest BCUT2D eigenvalue weighted by Crippen LogP contribution is -2.45. The van der Waals surface area contributed by atoms with Crippen LogP contribution in [0.2, 0.25) is 0 Å². The Morgan fingerprint density at radius 3 is 2.00 bits per heavy atom. The molecule has 2 atom stereocenters. The highest BCUT2D eigenvalue weighted by Crippen LogP contribution is 2.13. The third-order valence-corrected chi connectivity index (χ3v) is 5.03. The van der Waals surface area contributed by atoms with E-state index in [1.807, 2.05) is 34.6 Å².